The highest BCUT2D eigenvalue weighted by Gasteiger charge is 2.63. The van der Waals surface area contributed by atoms with Crippen LogP contribution in [0.3, 0.4) is 0 Å². The second kappa shape index (κ2) is 14.7. The lowest BCUT2D eigenvalue weighted by atomic mass is 9.46. The van der Waals surface area contributed by atoms with E-state index < -0.39 is 0 Å². The molecule has 0 aromatic heterocycles. The van der Waals surface area contributed by atoms with Crippen molar-refractivity contribution in [3.63, 3.8) is 0 Å². The maximum Gasteiger partial charge on any atom is -0.0315 e. The van der Waals surface area contributed by atoms with E-state index in [2.05, 4.69) is 138 Å². The molecule has 286 valence electrons. The van der Waals surface area contributed by atoms with E-state index in [1.54, 1.807) is 0 Å². The first kappa shape index (κ1) is 40.2. The topological polar surface area (TPSA) is 0 Å². The van der Waals surface area contributed by atoms with Gasteiger partial charge in [-0.15, -0.1) is 0 Å². The van der Waals surface area contributed by atoms with Crippen molar-refractivity contribution in [1.82, 2.24) is 0 Å². The van der Waals surface area contributed by atoms with Crippen molar-refractivity contribution in [3.05, 3.63) is 0 Å². The predicted molar refractivity (Wildman–Crippen MR) is 216 cm³/mol. The van der Waals surface area contributed by atoms with E-state index in [-0.39, 0.29) is 0 Å². The van der Waals surface area contributed by atoms with Crippen molar-refractivity contribution < 1.29 is 0 Å². The SMILES string of the molecule is CC1C(C)C(C)C(C2CC(C3C(C)C(C)C(C)C(C)C3C)C(C3C(C)C(C)C(C)C(C)C3C)C2C2C(C)C(C)C(C)C(C)C2C)C(C)C1C. The van der Waals surface area contributed by atoms with Gasteiger partial charge in [-0.2, -0.15) is 0 Å². The van der Waals surface area contributed by atoms with Gasteiger partial charge in [0.1, 0.15) is 0 Å². The van der Waals surface area contributed by atoms with Crippen molar-refractivity contribution in [2.75, 3.05) is 0 Å². The Morgan fingerprint density at radius 2 is 0.306 bits per heavy atom. The molecule has 0 heterocycles. The van der Waals surface area contributed by atoms with Gasteiger partial charge in [-0.25, -0.2) is 0 Å². The second-order valence-electron chi connectivity index (χ2n) is 22.2. The Morgan fingerprint density at radius 3 is 0.490 bits per heavy atom. The Balaban J connectivity index is 1.76. The predicted octanol–water partition coefficient (Wildman–Crippen LogP) is 14.1. The van der Waals surface area contributed by atoms with Crippen molar-refractivity contribution >= 4 is 0 Å². The fraction of sp³-hybridized carbons (Fsp3) is 1.00. The molecule has 0 aromatic rings. The third-order valence-corrected chi connectivity index (χ3v) is 22.0. The van der Waals surface area contributed by atoms with Crippen LogP contribution in [0.1, 0.15) is 145 Å². The summed E-state index contributed by atoms with van der Waals surface area (Å²) in [6, 6.07) is 0. The summed E-state index contributed by atoms with van der Waals surface area (Å²) >= 11 is 0. The van der Waals surface area contributed by atoms with Gasteiger partial charge in [0.25, 0.3) is 0 Å². The zero-order chi connectivity index (χ0) is 36.9. The molecule has 5 aliphatic carbocycles. The van der Waals surface area contributed by atoms with E-state index in [1.165, 1.54) is 6.42 Å². The summed E-state index contributed by atoms with van der Waals surface area (Å²) in [7, 11) is 0. The molecule has 49 heavy (non-hydrogen) atoms. The Bertz CT molecular complexity index is 942. The summed E-state index contributed by atoms with van der Waals surface area (Å²) in [6.45, 7) is 53.8. The summed E-state index contributed by atoms with van der Waals surface area (Å²) < 4.78 is 0. The molecule has 0 bridgehead atoms. The quantitative estimate of drug-likeness (QED) is 0.278. The molecule has 0 amide bonds. The molecule has 0 nitrogen and oxygen atoms in total. The van der Waals surface area contributed by atoms with Crippen LogP contribution in [0.25, 0.3) is 0 Å². The number of hydrogen-bond acceptors (Lipinski definition) is 0. The van der Waals surface area contributed by atoms with E-state index in [0.717, 1.165) is 166 Å². The molecule has 0 aromatic carbocycles. The lowest BCUT2D eigenvalue weighted by Crippen LogP contribution is -2.54. The molecule has 5 aliphatic rings. The van der Waals surface area contributed by atoms with Crippen molar-refractivity contribution in [3.8, 4) is 0 Å². The van der Waals surface area contributed by atoms with Crippen LogP contribution in [-0.2, 0) is 0 Å². The highest BCUT2D eigenvalue weighted by atomic mass is 14.7. The summed E-state index contributed by atoms with van der Waals surface area (Å²) in [5, 5.41) is 0. The third-order valence-electron chi connectivity index (χ3n) is 22.0. The minimum Gasteiger partial charge on any atom is -0.0620 e. The van der Waals surface area contributed by atoms with Crippen LogP contribution in [-0.4, -0.2) is 0 Å². The molecule has 5 rings (SSSR count). The third kappa shape index (κ3) is 6.20. The van der Waals surface area contributed by atoms with Crippen LogP contribution in [0.2, 0.25) is 0 Å². The molecule has 0 saturated heterocycles. The molecule has 0 aliphatic heterocycles. The Morgan fingerprint density at radius 1 is 0.163 bits per heavy atom. The van der Waals surface area contributed by atoms with Gasteiger partial charge in [-0.05, 0) is 172 Å². The van der Waals surface area contributed by atoms with Gasteiger partial charge >= 0.3 is 0 Å². The van der Waals surface area contributed by atoms with Gasteiger partial charge in [-0.3, -0.25) is 0 Å². The zero-order valence-electron chi connectivity index (χ0n) is 36.9. The standard InChI is InChI=1S/C49H90/c1-22-26(5)34(13)44(35(14)27(22)6)42-21-43(45-36(15)28(7)23(2)29(8)37(45)16)49(47-40(19)32(11)25(4)33(12)41(47)20)48(42)46-38(17)30(9)24(3)31(10)39(46)18/h22-49H,21H2,1-20H3. The monoisotopic (exact) mass is 679 g/mol. The largest absolute Gasteiger partial charge is 0.0620 e. The Hall–Kier alpha value is 0. The molecule has 0 heteroatoms. The molecule has 0 N–H and O–H groups in total. The lowest BCUT2D eigenvalue weighted by Gasteiger charge is -2.59. The number of rotatable bonds is 4. The molecule has 5 fully saturated rings. The number of hydrogen-bond donors (Lipinski definition) is 0. The van der Waals surface area contributed by atoms with Crippen LogP contribution in [0.4, 0.5) is 0 Å². The highest BCUT2D eigenvalue weighted by molar-refractivity contribution is 5.11. The van der Waals surface area contributed by atoms with Crippen LogP contribution >= 0.6 is 0 Å². The van der Waals surface area contributed by atoms with E-state index in [4.69, 9.17) is 0 Å². The van der Waals surface area contributed by atoms with Crippen LogP contribution in [0.15, 0.2) is 0 Å². The molecule has 20 unspecified atom stereocenters. The van der Waals surface area contributed by atoms with Gasteiger partial charge in [-0.1, -0.05) is 138 Å². The fourth-order valence-corrected chi connectivity index (χ4v) is 16.5. The summed E-state index contributed by atoms with van der Waals surface area (Å²) in [5.41, 5.74) is 0. The van der Waals surface area contributed by atoms with Gasteiger partial charge in [0, 0.05) is 0 Å². The van der Waals surface area contributed by atoms with Gasteiger partial charge in [0.05, 0.1) is 0 Å². The average Bonchev–Trinajstić information content (AvgIpc) is 3.42. The maximum atomic E-state index is 2.76. The fourth-order valence-electron chi connectivity index (χ4n) is 16.5. The maximum absolute atomic E-state index is 2.76. The van der Waals surface area contributed by atoms with E-state index >= 15 is 0 Å². The smallest absolute Gasteiger partial charge is 0.0315 e. The minimum absolute atomic E-state index is 0.819. The van der Waals surface area contributed by atoms with Crippen molar-refractivity contribution in [2.45, 2.75) is 145 Å². The van der Waals surface area contributed by atoms with Crippen molar-refractivity contribution in [2.24, 2.45) is 166 Å². The van der Waals surface area contributed by atoms with Crippen LogP contribution < -0.4 is 0 Å². The van der Waals surface area contributed by atoms with E-state index in [9.17, 15) is 0 Å². The van der Waals surface area contributed by atoms with Gasteiger partial charge in [0.2, 0.25) is 0 Å². The summed E-state index contributed by atoms with van der Waals surface area (Å²) in [6.07, 6.45) is 1.54. The Kier molecular flexibility index (Phi) is 12.0. The highest BCUT2D eigenvalue weighted by Crippen LogP contribution is 2.68. The van der Waals surface area contributed by atoms with Crippen molar-refractivity contribution in [1.29, 1.82) is 0 Å². The molecule has 5 saturated carbocycles. The van der Waals surface area contributed by atoms with Gasteiger partial charge in [0.15, 0.2) is 0 Å². The van der Waals surface area contributed by atoms with E-state index in [1.807, 2.05) is 0 Å². The van der Waals surface area contributed by atoms with Crippen LogP contribution in [0, 0.1) is 166 Å². The molecular weight excluding hydrogens is 589 g/mol. The Labute approximate surface area is 309 Å². The average molecular weight is 679 g/mol. The molecule has 0 radical (unpaired) electrons. The first-order valence-electron chi connectivity index (χ1n) is 22.7. The first-order chi connectivity index (χ1) is 22.7. The lowest BCUT2D eigenvalue weighted by molar-refractivity contribution is -0.113. The second-order valence-corrected chi connectivity index (χ2v) is 22.2. The molecule has 20 atom stereocenters. The molecular formula is C49H90. The van der Waals surface area contributed by atoms with E-state index in [0.29, 0.717) is 0 Å². The normalized spacial score (nSPS) is 63.4. The first-order valence-corrected chi connectivity index (χ1v) is 22.7. The molecule has 0 spiro atoms. The zero-order valence-corrected chi connectivity index (χ0v) is 36.9. The van der Waals surface area contributed by atoms with Gasteiger partial charge < -0.3 is 0 Å². The summed E-state index contributed by atoms with van der Waals surface area (Å²) in [4.78, 5) is 0. The minimum atomic E-state index is 0.819. The van der Waals surface area contributed by atoms with Crippen LogP contribution in [0.5, 0.6) is 0 Å². The summed E-state index contributed by atoms with van der Waals surface area (Å²) in [5.74, 6) is 23.5.